The van der Waals surface area contributed by atoms with Gasteiger partial charge in [0.15, 0.2) is 0 Å². The van der Waals surface area contributed by atoms with Gasteiger partial charge in [0.05, 0.1) is 17.8 Å². The summed E-state index contributed by atoms with van der Waals surface area (Å²) < 4.78 is 18.7. The number of aromatic nitrogens is 1. The van der Waals surface area contributed by atoms with E-state index in [2.05, 4.69) is 15.6 Å². The van der Waals surface area contributed by atoms with Crippen LogP contribution in [0.5, 0.6) is 0 Å². The average Bonchev–Trinajstić information content (AvgIpc) is 2.61. The van der Waals surface area contributed by atoms with Gasteiger partial charge < -0.3 is 15.4 Å². The zero-order valence-electron chi connectivity index (χ0n) is 13.8. The van der Waals surface area contributed by atoms with E-state index in [9.17, 15) is 4.39 Å². The standard InChI is InChI=1S/C19H20FN3O/c1-21-15-6-7-17-16(11-15)19(22-8-9-24-2)12-18(23-17)13-4-3-5-14(20)10-13/h3-7,10-12,21H,8-9H2,1-2H3,(H,22,23). The molecule has 5 heteroatoms. The van der Waals surface area contributed by atoms with Crippen LogP contribution in [0.4, 0.5) is 15.8 Å². The van der Waals surface area contributed by atoms with E-state index in [0.717, 1.165) is 33.5 Å². The van der Waals surface area contributed by atoms with E-state index < -0.39 is 0 Å². The number of pyridine rings is 1. The quantitative estimate of drug-likeness (QED) is 0.669. The predicted octanol–water partition coefficient (Wildman–Crippen LogP) is 4.14. The lowest BCUT2D eigenvalue weighted by molar-refractivity contribution is 0.211. The molecule has 0 amide bonds. The molecule has 0 saturated heterocycles. The minimum Gasteiger partial charge on any atom is -0.388 e. The monoisotopic (exact) mass is 325 g/mol. The molecular weight excluding hydrogens is 305 g/mol. The minimum atomic E-state index is -0.270. The van der Waals surface area contributed by atoms with Crippen LogP contribution in [-0.4, -0.2) is 32.3 Å². The van der Waals surface area contributed by atoms with E-state index in [4.69, 9.17) is 4.74 Å². The SMILES string of the molecule is CNc1ccc2nc(-c3cccc(F)c3)cc(NCCOC)c2c1. The van der Waals surface area contributed by atoms with E-state index in [1.54, 1.807) is 13.2 Å². The van der Waals surface area contributed by atoms with E-state index in [1.165, 1.54) is 12.1 Å². The third-order valence-corrected chi connectivity index (χ3v) is 3.84. The van der Waals surface area contributed by atoms with Crippen molar-refractivity contribution in [2.75, 3.05) is 37.9 Å². The van der Waals surface area contributed by atoms with Crippen LogP contribution in [0, 0.1) is 5.82 Å². The zero-order chi connectivity index (χ0) is 16.9. The number of fused-ring (bicyclic) bond motifs is 1. The fraction of sp³-hybridized carbons (Fsp3) is 0.211. The predicted molar refractivity (Wildman–Crippen MR) is 97.0 cm³/mol. The summed E-state index contributed by atoms with van der Waals surface area (Å²) in [5.41, 5.74) is 4.31. The smallest absolute Gasteiger partial charge is 0.123 e. The van der Waals surface area contributed by atoms with E-state index in [0.29, 0.717) is 13.2 Å². The molecule has 0 saturated carbocycles. The first kappa shape index (κ1) is 16.2. The molecule has 0 aliphatic rings. The number of rotatable bonds is 6. The molecule has 24 heavy (non-hydrogen) atoms. The number of halogens is 1. The van der Waals surface area contributed by atoms with Crippen LogP contribution < -0.4 is 10.6 Å². The maximum Gasteiger partial charge on any atom is 0.123 e. The number of nitrogens with one attached hydrogen (secondary N) is 2. The Bertz CT molecular complexity index is 851. The molecule has 0 unspecified atom stereocenters. The first-order valence-electron chi connectivity index (χ1n) is 7.82. The van der Waals surface area contributed by atoms with Crippen molar-refractivity contribution in [2.24, 2.45) is 0 Å². The number of ether oxygens (including phenoxy) is 1. The Morgan fingerprint density at radius 2 is 2.00 bits per heavy atom. The van der Waals surface area contributed by atoms with Crippen LogP contribution in [-0.2, 0) is 4.74 Å². The Morgan fingerprint density at radius 1 is 1.12 bits per heavy atom. The zero-order valence-corrected chi connectivity index (χ0v) is 13.8. The van der Waals surface area contributed by atoms with Crippen LogP contribution in [0.3, 0.4) is 0 Å². The van der Waals surface area contributed by atoms with Crippen molar-refractivity contribution in [3.05, 3.63) is 54.3 Å². The Kier molecular flexibility index (Phi) is 4.91. The van der Waals surface area contributed by atoms with Gasteiger partial charge in [-0.15, -0.1) is 0 Å². The fourth-order valence-corrected chi connectivity index (χ4v) is 2.61. The third-order valence-electron chi connectivity index (χ3n) is 3.84. The van der Waals surface area contributed by atoms with Gasteiger partial charge in [0.2, 0.25) is 0 Å². The molecule has 0 aliphatic heterocycles. The maximum atomic E-state index is 13.5. The lowest BCUT2D eigenvalue weighted by Gasteiger charge is -2.13. The highest BCUT2D eigenvalue weighted by atomic mass is 19.1. The molecule has 3 aromatic rings. The van der Waals surface area contributed by atoms with Crippen LogP contribution in [0.25, 0.3) is 22.2 Å². The van der Waals surface area contributed by atoms with E-state index in [1.807, 2.05) is 37.4 Å². The second-order valence-corrected chi connectivity index (χ2v) is 5.47. The molecule has 1 aromatic heterocycles. The lowest BCUT2D eigenvalue weighted by Crippen LogP contribution is -2.08. The Morgan fingerprint density at radius 3 is 2.75 bits per heavy atom. The van der Waals surface area contributed by atoms with Gasteiger partial charge in [-0.3, -0.25) is 0 Å². The van der Waals surface area contributed by atoms with Crippen molar-refractivity contribution < 1.29 is 9.13 Å². The number of hydrogen-bond acceptors (Lipinski definition) is 4. The summed E-state index contributed by atoms with van der Waals surface area (Å²) >= 11 is 0. The van der Waals surface area contributed by atoms with Gasteiger partial charge in [-0.25, -0.2) is 9.37 Å². The Hall–Kier alpha value is -2.66. The van der Waals surface area contributed by atoms with Gasteiger partial charge in [0, 0.05) is 43.0 Å². The topological polar surface area (TPSA) is 46.2 Å². The summed E-state index contributed by atoms with van der Waals surface area (Å²) in [5, 5.41) is 7.53. The first-order chi connectivity index (χ1) is 11.7. The highest BCUT2D eigenvalue weighted by Gasteiger charge is 2.09. The van der Waals surface area contributed by atoms with Crippen molar-refractivity contribution in [3.63, 3.8) is 0 Å². The lowest BCUT2D eigenvalue weighted by atomic mass is 10.1. The third kappa shape index (κ3) is 3.46. The molecular formula is C19H20FN3O. The molecule has 0 fully saturated rings. The second kappa shape index (κ2) is 7.27. The number of hydrogen-bond donors (Lipinski definition) is 2. The van der Waals surface area contributed by atoms with Gasteiger partial charge in [0.1, 0.15) is 5.82 Å². The average molecular weight is 325 g/mol. The van der Waals surface area contributed by atoms with Crippen LogP contribution in [0.2, 0.25) is 0 Å². The van der Waals surface area contributed by atoms with Gasteiger partial charge in [-0.05, 0) is 36.4 Å². The van der Waals surface area contributed by atoms with Crippen molar-refractivity contribution in [3.8, 4) is 11.3 Å². The van der Waals surface area contributed by atoms with E-state index >= 15 is 0 Å². The van der Waals surface area contributed by atoms with Crippen molar-refractivity contribution in [1.82, 2.24) is 4.98 Å². The first-order valence-corrected chi connectivity index (χ1v) is 7.82. The number of anilines is 2. The minimum absolute atomic E-state index is 0.270. The molecule has 2 N–H and O–H groups in total. The van der Waals surface area contributed by atoms with Gasteiger partial charge in [-0.2, -0.15) is 0 Å². The summed E-state index contributed by atoms with van der Waals surface area (Å²) in [4.78, 5) is 4.69. The van der Waals surface area contributed by atoms with Gasteiger partial charge >= 0.3 is 0 Å². The summed E-state index contributed by atoms with van der Waals surface area (Å²) in [7, 11) is 3.55. The molecule has 124 valence electrons. The fourth-order valence-electron chi connectivity index (χ4n) is 2.61. The highest BCUT2D eigenvalue weighted by molar-refractivity contribution is 5.95. The molecule has 2 aromatic carbocycles. The summed E-state index contributed by atoms with van der Waals surface area (Å²) in [5.74, 6) is -0.270. The van der Waals surface area contributed by atoms with Crippen molar-refractivity contribution in [2.45, 2.75) is 0 Å². The van der Waals surface area contributed by atoms with Crippen molar-refractivity contribution in [1.29, 1.82) is 0 Å². The maximum absolute atomic E-state index is 13.5. The molecule has 0 spiro atoms. The van der Waals surface area contributed by atoms with Crippen molar-refractivity contribution >= 4 is 22.3 Å². The van der Waals surface area contributed by atoms with Crippen LogP contribution in [0.1, 0.15) is 0 Å². The molecule has 0 radical (unpaired) electrons. The summed E-state index contributed by atoms with van der Waals surface area (Å²) in [6.45, 7) is 1.28. The molecule has 0 bridgehead atoms. The highest BCUT2D eigenvalue weighted by Crippen LogP contribution is 2.30. The van der Waals surface area contributed by atoms with Gasteiger partial charge in [-0.1, -0.05) is 12.1 Å². The van der Waals surface area contributed by atoms with E-state index in [-0.39, 0.29) is 5.82 Å². The van der Waals surface area contributed by atoms with Crippen LogP contribution in [0.15, 0.2) is 48.5 Å². The number of methoxy groups -OCH3 is 1. The second-order valence-electron chi connectivity index (χ2n) is 5.47. The number of benzene rings is 2. The number of nitrogens with zero attached hydrogens (tertiary/aromatic N) is 1. The Balaban J connectivity index is 2.11. The summed E-state index contributed by atoms with van der Waals surface area (Å²) in [6.07, 6.45) is 0. The molecule has 0 atom stereocenters. The molecule has 0 aliphatic carbocycles. The molecule has 4 nitrogen and oxygen atoms in total. The molecule has 3 rings (SSSR count). The molecule has 1 heterocycles. The largest absolute Gasteiger partial charge is 0.388 e. The Labute approximate surface area is 140 Å². The van der Waals surface area contributed by atoms with Gasteiger partial charge in [0.25, 0.3) is 0 Å². The normalized spacial score (nSPS) is 10.8. The van der Waals surface area contributed by atoms with Crippen LogP contribution >= 0.6 is 0 Å². The summed E-state index contributed by atoms with van der Waals surface area (Å²) in [6, 6.07) is 14.4.